The van der Waals surface area contributed by atoms with Crippen LogP contribution in [0.25, 0.3) is 0 Å². The van der Waals surface area contributed by atoms with Crippen LogP contribution in [-0.2, 0) is 32.7 Å². The van der Waals surface area contributed by atoms with Gasteiger partial charge in [-0.2, -0.15) is 0 Å². The second-order valence-electron chi connectivity index (χ2n) is 10.3. The maximum absolute atomic E-state index is 12.4. The van der Waals surface area contributed by atoms with Crippen molar-refractivity contribution in [3.8, 4) is 0 Å². The molecular weight excluding hydrogens is 533 g/mol. The van der Waals surface area contributed by atoms with Crippen molar-refractivity contribution in [3.05, 3.63) is 12.2 Å². The average Bonchev–Trinajstić information content (AvgIpc) is 2.93. The number of phosphoric acid groups is 1. The molecule has 0 saturated heterocycles. The third-order valence-electron chi connectivity index (χ3n) is 6.40. The molecule has 40 heavy (non-hydrogen) atoms. The number of hydrogen-bond donors (Lipinski definition) is 2. The molecule has 0 radical (unpaired) electrons. The zero-order valence-electron chi connectivity index (χ0n) is 25.3. The van der Waals surface area contributed by atoms with Crippen LogP contribution >= 0.6 is 7.82 Å². The lowest BCUT2D eigenvalue weighted by atomic mass is 10.1. The molecule has 236 valence electrons. The van der Waals surface area contributed by atoms with E-state index < -0.39 is 26.5 Å². The van der Waals surface area contributed by atoms with Gasteiger partial charge in [0.2, 0.25) is 0 Å². The van der Waals surface area contributed by atoms with E-state index in [1.54, 1.807) is 0 Å². The maximum atomic E-state index is 12.4. The number of unbranched alkanes of at least 4 members (excludes halogenated alkanes) is 14. The van der Waals surface area contributed by atoms with Gasteiger partial charge >= 0.3 is 19.8 Å². The molecule has 0 rings (SSSR count). The van der Waals surface area contributed by atoms with E-state index in [4.69, 9.17) is 24.3 Å². The Balaban J connectivity index is 4.35. The Labute approximate surface area is 243 Å². The van der Waals surface area contributed by atoms with Gasteiger partial charge in [0.15, 0.2) is 6.10 Å². The minimum Gasteiger partial charge on any atom is -0.462 e. The van der Waals surface area contributed by atoms with Gasteiger partial charge in [0.05, 0.1) is 13.2 Å². The van der Waals surface area contributed by atoms with Crippen LogP contribution in [0.2, 0.25) is 0 Å². The lowest BCUT2D eigenvalue weighted by Gasteiger charge is -2.19. The lowest BCUT2D eigenvalue weighted by Crippen LogP contribution is -2.29. The molecule has 0 aliphatic rings. The van der Waals surface area contributed by atoms with Crippen molar-refractivity contribution in [2.24, 2.45) is 5.73 Å². The Morgan fingerprint density at radius 1 is 0.725 bits per heavy atom. The summed E-state index contributed by atoms with van der Waals surface area (Å²) >= 11 is 0. The van der Waals surface area contributed by atoms with Crippen molar-refractivity contribution < 1.29 is 37.6 Å². The van der Waals surface area contributed by atoms with Crippen molar-refractivity contribution in [1.29, 1.82) is 0 Å². The van der Waals surface area contributed by atoms with E-state index in [2.05, 4.69) is 26.0 Å². The van der Waals surface area contributed by atoms with Crippen LogP contribution in [0, 0.1) is 0 Å². The van der Waals surface area contributed by atoms with Crippen molar-refractivity contribution >= 4 is 19.8 Å². The fraction of sp³-hybridized carbons (Fsp3) is 0.867. The van der Waals surface area contributed by atoms with Crippen LogP contribution < -0.4 is 5.73 Å². The van der Waals surface area contributed by atoms with Gasteiger partial charge in [0.1, 0.15) is 6.61 Å². The first-order valence-corrected chi connectivity index (χ1v) is 17.2. The van der Waals surface area contributed by atoms with Crippen molar-refractivity contribution in [2.75, 3.05) is 26.4 Å². The van der Waals surface area contributed by atoms with Gasteiger partial charge in [0.25, 0.3) is 0 Å². The van der Waals surface area contributed by atoms with E-state index in [9.17, 15) is 19.0 Å². The molecule has 0 spiro atoms. The number of ether oxygens (including phenoxy) is 2. The van der Waals surface area contributed by atoms with Crippen LogP contribution in [-0.4, -0.2) is 49.3 Å². The normalized spacial score (nSPS) is 13.8. The van der Waals surface area contributed by atoms with Gasteiger partial charge in [-0.3, -0.25) is 18.6 Å². The zero-order chi connectivity index (χ0) is 29.7. The van der Waals surface area contributed by atoms with Crippen LogP contribution in [0.3, 0.4) is 0 Å². The number of phosphoric ester groups is 1. The molecule has 0 bridgehead atoms. The summed E-state index contributed by atoms with van der Waals surface area (Å²) in [5.41, 5.74) is 5.30. The highest BCUT2D eigenvalue weighted by Crippen LogP contribution is 2.43. The summed E-state index contributed by atoms with van der Waals surface area (Å²) in [6, 6.07) is 0. The molecule has 0 aliphatic heterocycles. The summed E-state index contributed by atoms with van der Waals surface area (Å²) in [7, 11) is -4.35. The molecule has 0 aromatic rings. The molecule has 2 atom stereocenters. The summed E-state index contributed by atoms with van der Waals surface area (Å²) in [5, 5.41) is 0. The highest BCUT2D eigenvalue weighted by Gasteiger charge is 2.25. The molecule has 9 nitrogen and oxygen atoms in total. The second-order valence-corrected chi connectivity index (χ2v) is 11.8. The van der Waals surface area contributed by atoms with Crippen LogP contribution in [0.1, 0.15) is 136 Å². The molecule has 0 fully saturated rings. The Bertz CT molecular complexity index is 689. The van der Waals surface area contributed by atoms with E-state index in [1.807, 2.05) is 0 Å². The number of nitrogens with two attached hydrogens (primary N) is 1. The SMILES string of the molecule is CCCC/C=C\CCCCCCCC(=O)OC(COC(=O)CCCCCCCCCC)COP(=O)(O)OCCN. The molecule has 0 saturated carbocycles. The van der Waals surface area contributed by atoms with Gasteiger partial charge in [-0.05, 0) is 32.1 Å². The number of carbonyl (C=O) groups is 2. The molecule has 0 aromatic heterocycles. The summed E-state index contributed by atoms with van der Waals surface area (Å²) < 4.78 is 32.4. The van der Waals surface area contributed by atoms with E-state index >= 15 is 0 Å². The monoisotopic (exact) mass is 591 g/mol. The Kier molecular flexibility index (Phi) is 27.0. The summed E-state index contributed by atoms with van der Waals surface area (Å²) in [6.07, 6.45) is 22.6. The molecule has 3 N–H and O–H groups in total. The minimum absolute atomic E-state index is 0.0539. The molecule has 0 aliphatic carbocycles. The zero-order valence-corrected chi connectivity index (χ0v) is 26.2. The third-order valence-corrected chi connectivity index (χ3v) is 7.39. The van der Waals surface area contributed by atoms with Gasteiger partial charge in [-0.25, -0.2) is 4.57 Å². The van der Waals surface area contributed by atoms with Gasteiger partial charge < -0.3 is 20.1 Å². The summed E-state index contributed by atoms with van der Waals surface area (Å²) in [4.78, 5) is 34.3. The first kappa shape index (κ1) is 38.8. The van der Waals surface area contributed by atoms with Crippen molar-refractivity contribution in [3.63, 3.8) is 0 Å². The average molecular weight is 592 g/mol. The summed E-state index contributed by atoms with van der Waals surface area (Å²) in [6.45, 7) is 3.61. The number of allylic oxidation sites excluding steroid dienone is 2. The Morgan fingerprint density at radius 3 is 1.85 bits per heavy atom. The molecule has 10 heteroatoms. The number of rotatable bonds is 29. The first-order valence-electron chi connectivity index (χ1n) is 15.7. The smallest absolute Gasteiger partial charge is 0.462 e. The van der Waals surface area contributed by atoms with Crippen molar-refractivity contribution in [2.45, 2.75) is 142 Å². The van der Waals surface area contributed by atoms with Crippen LogP contribution in [0.5, 0.6) is 0 Å². The van der Waals surface area contributed by atoms with E-state index in [1.165, 1.54) is 44.9 Å². The predicted molar refractivity (Wildman–Crippen MR) is 160 cm³/mol. The largest absolute Gasteiger partial charge is 0.472 e. The van der Waals surface area contributed by atoms with Crippen LogP contribution in [0.15, 0.2) is 12.2 Å². The van der Waals surface area contributed by atoms with Gasteiger partial charge in [0, 0.05) is 19.4 Å². The maximum Gasteiger partial charge on any atom is 0.472 e. The molecular formula is C30H58NO8P. The van der Waals surface area contributed by atoms with E-state index in [-0.39, 0.29) is 38.6 Å². The lowest BCUT2D eigenvalue weighted by molar-refractivity contribution is -0.161. The van der Waals surface area contributed by atoms with Crippen LogP contribution in [0.4, 0.5) is 0 Å². The van der Waals surface area contributed by atoms with Crippen molar-refractivity contribution in [1.82, 2.24) is 0 Å². The number of carbonyl (C=O) groups excluding carboxylic acids is 2. The highest BCUT2D eigenvalue weighted by molar-refractivity contribution is 7.47. The molecule has 0 amide bonds. The topological polar surface area (TPSA) is 134 Å². The molecule has 0 heterocycles. The summed E-state index contributed by atoms with van der Waals surface area (Å²) in [5.74, 6) is -0.846. The number of hydrogen-bond acceptors (Lipinski definition) is 8. The number of esters is 2. The van der Waals surface area contributed by atoms with Gasteiger partial charge in [-0.15, -0.1) is 0 Å². The Morgan fingerprint density at radius 2 is 1.25 bits per heavy atom. The quantitative estimate of drug-likeness (QED) is 0.0391. The van der Waals surface area contributed by atoms with Gasteiger partial charge in [-0.1, -0.05) is 103 Å². The van der Waals surface area contributed by atoms with E-state index in [0.717, 1.165) is 57.8 Å². The van der Waals surface area contributed by atoms with E-state index in [0.29, 0.717) is 6.42 Å². The fourth-order valence-electron chi connectivity index (χ4n) is 4.02. The highest BCUT2D eigenvalue weighted by atomic mass is 31.2. The first-order chi connectivity index (χ1) is 19.3. The molecule has 2 unspecified atom stereocenters. The minimum atomic E-state index is -4.35. The second kappa shape index (κ2) is 27.9. The predicted octanol–water partition coefficient (Wildman–Crippen LogP) is 7.54. The Hall–Kier alpha value is -1.25. The standard InChI is InChI=1S/C30H58NO8P/c1-3-5-7-9-11-13-14-15-17-19-21-23-30(33)39-28(27-38-40(34,35)37-25-24-31)26-36-29(32)22-20-18-16-12-10-8-6-4-2/h9,11,28H,3-8,10,12-27,31H2,1-2H3,(H,34,35)/b11-9-. The molecule has 0 aromatic carbocycles. The third kappa shape index (κ3) is 26.9. The fourth-order valence-corrected chi connectivity index (χ4v) is 4.79.